The Kier molecular flexibility index (Phi) is 1.53. The maximum atomic E-state index is 12.2. The molecule has 0 fully saturated rings. The first kappa shape index (κ1) is 6.29. The van der Waals surface area contributed by atoms with Gasteiger partial charge in [0, 0.05) is 12.2 Å². The van der Waals surface area contributed by atoms with Gasteiger partial charge in [-0.2, -0.15) is 4.39 Å². The molecule has 3 heteroatoms. The zero-order valence-corrected chi connectivity index (χ0v) is 5.19. The van der Waals surface area contributed by atoms with E-state index in [0.29, 0.717) is 0 Å². The van der Waals surface area contributed by atoms with E-state index in [9.17, 15) is 4.39 Å². The number of nitrogens with two attached hydrogens (primary N) is 1. The van der Waals surface area contributed by atoms with Crippen molar-refractivity contribution in [2.24, 2.45) is 5.73 Å². The van der Waals surface area contributed by atoms with E-state index in [1.54, 1.807) is 6.20 Å². The fourth-order valence-corrected chi connectivity index (χ4v) is 0.645. The van der Waals surface area contributed by atoms with Gasteiger partial charge in [-0.3, -0.25) is 0 Å². The summed E-state index contributed by atoms with van der Waals surface area (Å²) in [5.74, 6) is -0.331. The van der Waals surface area contributed by atoms with Crippen LogP contribution in [0.15, 0.2) is 12.3 Å². The lowest BCUT2D eigenvalue weighted by atomic mass is 10.2. The molecule has 0 radical (unpaired) electrons. The van der Waals surface area contributed by atoms with Gasteiger partial charge in [0.25, 0.3) is 0 Å². The highest BCUT2D eigenvalue weighted by molar-refractivity contribution is 5.13. The fourth-order valence-electron chi connectivity index (χ4n) is 0.645. The number of aromatic nitrogens is 1. The summed E-state index contributed by atoms with van der Waals surface area (Å²) in [6.45, 7) is 1.81. The molecule has 0 unspecified atom stereocenters. The average Bonchev–Trinajstić information content (AvgIpc) is 2.14. The van der Waals surface area contributed by atoms with Crippen LogP contribution in [0.2, 0.25) is 0 Å². The third-order valence-electron chi connectivity index (χ3n) is 1.20. The van der Waals surface area contributed by atoms with Crippen molar-refractivity contribution in [1.82, 2.24) is 4.98 Å². The minimum atomic E-state index is -0.331. The van der Waals surface area contributed by atoms with Crippen LogP contribution in [0.1, 0.15) is 18.5 Å². The molecule has 1 aromatic rings. The van der Waals surface area contributed by atoms with Gasteiger partial charge in [0.1, 0.15) is 0 Å². The van der Waals surface area contributed by atoms with Crippen LogP contribution in [0.4, 0.5) is 4.39 Å². The summed E-state index contributed by atoms with van der Waals surface area (Å²) in [4.78, 5) is 2.40. The predicted octanol–water partition coefficient (Wildman–Crippen LogP) is 1.17. The van der Waals surface area contributed by atoms with Gasteiger partial charge in [0.2, 0.25) is 0 Å². The molecule has 0 saturated carbocycles. The van der Waals surface area contributed by atoms with Crippen LogP contribution in [0.3, 0.4) is 0 Å². The van der Waals surface area contributed by atoms with Gasteiger partial charge in [-0.15, -0.1) is 0 Å². The molecule has 1 rings (SSSR count). The molecule has 0 spiro atoms. The highest BCUT2D eigenvalue weighted by Crippen LogP contribution is 2.08. The van der Waals surface area contributed by atoms with Gasteiger partial charge in [0.05, 0.1) is 0 Å². The molecule has 1 aromatic heterocycles. The Balaban J connectivity index is 2.85. The van der Waals surface area contributed by atoms with Crippen molar-refractivity contribution in [2.45, 2.75) is 13.0 Å². The molecule has 50 valence electrons. The molecule has 1 heterocycles. The molecule has 0 aliphatic rings. The third-order valence-corrected chi connectivity index (χ3v) is 1.20. The van der Waals surface area contributed by atoms with E-state index in [1.807, 2.05) is 6.92 Å². The number of hydrogen-bond acceptors (Lipinski definition) is 1. The van der Waals surface area contributed by atoms with Crippen LogP contribution >= 0.6 is 0 Å². The van der Waals surface area contributed by atoms with Crippen molar-refractivity contribution >= 4 is 0 Å². The van der Waals surface area contributed by atoms with E-state index in [1.165, 1.54) is 6.07 Å². The summed E-state index contributed by atoms with van der Waals surface area (Å²) in [6.07, 6.45) is 1.57. The van der Waals surface area contributed by atoms with Crippen molar-refractivity contribution in [1.29, 1.82) is 0 Å². The van der Waals surface area contributed by atoms with E-state index in [2.05, 4.69) is 4.98 Å². The first-order valence-corrected chi connectivity index (χ1v) is 2.79. The normalized spacial score (nSPS) is 13.7. The SMILES string of the molecule is C[C@@H](N)c1c[nH]c(F)c1. The number of aromatic amines is 1. The lowest BCUT2D eigenvalue weighted by Crippen LogP contribution is -2.02. The topological polar surface area (TPSA) is 41.8 Å². The number of halogens is 1. The van der Waals surface area contributed by atoms with Gasteiger partial charge in [-0.25, -0.2) is 0 Å². The first-order valence-electron chi connectivity index (χ1n) is 2.79. The Labute approximate surface area is 52.9 Å². The predicted molar refractivity (Wildman–Crippen MR) is 33.4 cm³/mol. The molecule has 0 amide bonds. The number of nitrogens with one attached hydrogen (secondary N) is 1. The number of rotatable bonds is 1. The van der Waals surface area contributed by atoms with E-state index in [0.717, 1.165) is 5.56 Å². The molecule has 0 aliphatic heterocycles. The maximum Gasteiger partial charge on any atom is 0.191 e. The Morgan fingerprint density at radius 3 is 2.67 bits per heavy atom. The van der Waals surface area contributed by atoms with E-state index in [-0.39, 0.29) is 12.0 Å². The summed E-state index contributed by atoms with van der Waals surface area (Å²) >= 11 is 0. The van der Waals surface area contributed by atoms with Crippen LogP contribution in [0, 0.1) is 5.95 Å². The van der Waals surface area contributed by atoms with E-state index in [4.69, 9.17) is 5.73 Å². The second-order valence-electron chi connectivity index (χ2n) is 2.07. The monoisotopic (exact) mass is 128 g/mol. The molecule has 1 atom stereocenters. The molecule has 3 N–H and O–H groups in total. The summed E-state index contributed by atoms with van der Waals surface area (Å²) in [5.41, 5.74) is 6.24. The Morgan fingerprint density at radius 2 is 2.44 bits per heavy atom. The average molecular weight is 128 g/mol. The third kappa shape index (κ3) is 1.29. The molecule has 0 saturated heterocycles. The minimum absolute atomic E-state index is 0.0919. The minimum Gasteiger partial charge on any atom is -0.338 e. The van der Waals surface area contributed by atoms with Crippen molar-refractivity contribution in [2.75, 3.05) is 0 Å². The molecule has 0 aliphatic carbocycles. The van der Waals surface area contributed by atoms with E-state index >= 15 is 0 Å². The van der Waals surface area contributed by atoms with Crippen LogP contribution < -0.4 is 5.73 Å². The zero-order valence-electron chi connectivity index (χ0n) is 5.19. The van der Waals surface area contributed by atoms with Gasteiger partial charge in [-0.1, -0.05) is 0 Å². The lowest BCUT2D eigenvalue weighted by Gasteiger charge is -1.96. The van der Waals surface area contributed by atoms with Crippen molar-refractivity contribution in [3.05, 3.63) is 23.8 Å². The zero-order chi connectivity index (χ0) is 6.85. The van der Waals surface area contributed by atoms with Gasteiger partial charge >= 0.3 is 0 Å². The van der Waals surface area contributed by atoms with Gasteiger partial charge in [0.15, 0.2) is 5.95 Å². The summed E-state index contributed by atoms with van der Waals surface area (Å²) < 4.78 is 12.2. The molecule has 0 bridgehead atoms. The summed E-state index contributed by atoms with van der Waals surface area (Å²) in [7, 11) is 0. The standard InChI is InChI=1S/C6H9FN2/c1-4(8)5-2-6(7)9-3-5/h2-4,9H,8H2,1H3/t4-/m1/s1. The highest BCUT2D eigenvalue weighted by Gasteiger charge is 2.00. The Bertz CT molecular complexity index is 193. The van der Waals surface area contributed by atoms with Crippen LogP contribution in [0.5, 0.6) is 0 Å². The molecule has 2 nitrogen and oxygen atoms in total. The van der Waals surface area contributed by atoms with E-state index < -0.39 is 0 Å². The molecule has 0 aromatic carbocycles. The Morgan fingerprint density at radius 1 is 1.78 bits per heavy atom. The van der Waals surface area contributed by atoms with Crippen LogP contribution in [-0.4, -0.2) is 4.98 Å². The summed E-state index contributed by atoms with van der Waals surface area (Å²) in [5, 5.41) is 0. The smallest absolute Gasteiger partial charge is 0.191 e. The quantitative estimate of drug-likeness (QED) is 0.585. The fraction of sp³-hybridized carbons (Fsp3) is 0.333. The number of H-pyrrole nitrogens is 1. The van der Waals surface area contributed by atoms with Gasteiger partial charge < -0.3 is 10.7 Å². The first-order chi connectivity index (χ1) is 4.20. The molecular weight excluding hydrogens is 119 g/mol. The van der Waals surface area contributed by atoms with Crippen molar-refractivity contribution in [3.8, 4) is 0 Å². The second kappa shape index (κ2) is 2.19. The largest absolute Gasteiger partial charge is 0.338 e. The Hall–Kier alpha value is -0.830. The van der Waals surface area contributed by atoms with Gasteiger partial charge in [-0.05, 0) is 18.6 Å². The lowest BCUT2D eigenvalue weighted by molar-refractivity contribution is 0.591. The van der Waals surface area contributed by atoms with Crippen molar-refractivity contribution < 1.29 is 4.39 Å². The van der Waals surface area contributed by atoms with Crippen molar-refractivity contribution in [3.63, 3.8) is 0 Å². The number of hydrogen-bond donors (Lipinski definition) is 2. The summed E-state index contributed by atoms with van der Waals surface area (Å²) in [6, 6.07) is 1.30. The highest BCUT2D eigenvalue weighted by atomic mass is 19.1. The molecular formula is C6H9FN2. The van der Waals surface area contributed by atoms with Crippen LogP contribution in [0.25, 0.3) is 0 Å². The maximum absolute atomic E-state index is 12.2. The van der Waals surface area contributed by atoms with Crippen LogP contribution in [-0.2, 0) is 0 Å². The molecule has 9 heavy (non-hydrogen) atoms. The second-order valence-corrected chi connectivity index (χ2v) is 2.07.